The number of benzene rings is 1. The van der Waals surface area contributed by atoms with Crippen LogP contribution in [0.1, 0.15) is 41.6 Å². The maximum atomic E-state index is 11.2. The molecular weight excluding hydrogens is 274 g/mol. The highest BCUT2D eigenvalue weighted by atomic mass is 32.2. The van der Waals surface area contributed by atoms with E-state index in [9.17, 15) is 4.79 Å². The van der Waals surface area contributed by atoms with Crippen molar-refractivity contribution in [2.24, 2.45) is 5.84 Å². The van der Waals surface area contributed by atoms with Crippen molar-refractivity contribution in [3.63, 3.8) is 0 Å². The lowest BCUT2D eigenvalue weighted by Gasteiger charge is -2.05. The summed E-state index contributed by atoms with van der Waals surface area (Å²) < 4.78 is 5.08. The van der Waals surface area contributed by atoms with Crippen LogP contribution in [-0.4, -0.2) is 11.1 Å². The van der Waals surface area contributed by atoms with Crippen LogP contribution in [0.15, 0.2) is 39.8 Å². The summed E-state index contributed by atoms with van der Waals surface area (Å²) in [4.78, 5) is 12.4. The molecule has 2 aromatic rings. The Morgan fingerprint density at radius 1 is 1.40 bits per heavy atom. The zero-order valence-corrected chi connectivity index (χ0v) is 12.2. The number of aromatic nitrogens is 1. The molecule has 1 aromatic heterocycles. The number of hydrogen-bond acceptors (Lipinski definition) is 5. The Kier molecular flexibility index (Phi) is 4.81. The number of carbonyl (C=O) groups is 1. The molecule has 0 spiro atoms. The summed E-state index contributed by atoms with van der Waals surface area (Å²) in [6.45, 7) is 4.33. The summed E-state index contributed by atoms with van der Waals surface area (Å²) in [5.74, 6) is 6.36. The van der Waals surface area contributed by atoms with Gasteiger partial charge in [-0.15, -0.1) is 11.8 Å². The number of hydrazine groups is 1. The van der Waals surface area contributed by atoms with Gasteiger partial charge in [0.15, 0.2) is 5.69 Å². The number of thioether (sulfide) groups is 1. The van der Waals surface area contributed by atoms with Crippen LogP contribution >= 0.6 is 11.8 Å². The Bertz CT molecular complexity index is 578. The highest BCUT2D eigenvalue weighted by Crippen LogP contribution is 2.25. The highest BCUT2D eigenvalue weighted by Gasteiger charge is 2.11. The van der Waals surface area contributed by atoms with Crippen molar-refractivity contribution in [3.8, 4) is 0 Å². The molecule has 0 aliphatic heterocycles. The van der Waals surface area contributed by atoms with Crippen LogP contribution in [-0.2, 0) is 5.75 Å². The van der Waals surface area contributed by atoms with Crippen LogP contribution in [0.5, 0.6) is 0 Å². The van der Waals surface area contributed by atoms with Gasteiger partial charge in [-0.25, -0.2) is 5.84 Å². The molecule has 0 aliphatic carbocycles. The first-order chi connectivity index (χ1) is 9.60. The Morgan fingerprint density at radius 2 is 2.10 bits per heavy atom. The SMILES string of the molecule is CC(C)c1ccc(SCc2cc(C(=O)NN)no2)cc1. The van der Waals surface area contributed by atoms with Gasteiger partial charge in [-0.05, 0) is 23.6 Å². The van der Waals surface area contributed by atoms with Gasteiger partial charge in [0.1, 0.15) is 5.76 Å². The lowest BCUT2D eigenvalue weighted by molar-refractivity contribution is 0.0944. The Labute approximate surface area is 121 Å². The Balaban J connectivity index is 1.94. The molecule has 0 fully saturated rings. The maximum absolute atomic E-state index is 11.2. The van der Waals surface area contributed by atoms with Crippen LogP contribution in [0.3, 0.4) is 0 Å². The van der Waals surface area contributed by atoms with Gasteiger partial charge < -0.3 is 4.52 Å². The fourth-order valence-electron chi connectivity index (χ4n) is 1.67. The van der Waals surface area contributed by atoms with Gasteiger partial charge in [0.05, 0.1) is 5.75 Å². The van der Waals surface area contributed by atoms with Gasteiger partial charge in [0, 0.05) is 11.0 Å². The first-order valence-corrected chi connectivity index (χ1v) is 7.28. The number of nitrogens with one attached hydrogen (secondary N) is 1. The Morgan fingerprint density at radius 3 is 2.70 bits per heavy atom. The number of amides is 1. The van der Waals surface area contributed by atoms with Crippen LogP contribution < -0.4 is 11.3 Å². The van der Waals surface area contributed by atoms with E-state index in [0.717, 1.165) is 4.90 Å². The van der Waals surface area contributed by atoms with E-state index >= 15 is 0 Å². The summed E-state index contributed by atoms with van der Waals surface area (Å²) in [5.41, 5.74) is 3.53. The molecule has 2 rings (SSSR count). The van der Waals surface area contributed by atoms with E-state index in [1.807, 2.05) is 5.43 Å². The van der Waals surface area contributed by atoms with Crippen molar-refractivity contribution in [2.75, 3.05) is 0 Å². The molecule has 0 saturated heterocycles. The molecular formula is C14H17N3O2S. The second-order valence-electron chi connectivity index (χ2n) is 4.66. The van der Waals surface area contributed by atoms with Crippen LogP contribution in [0, 0.1) is 0 Å². The minimum atomic E-state index is -0.453. The van der Waals surface area contributed by atoms with Gasteiger partial charge in [0.2, 0.25) is 0 Å². The second-order valence-corrected chi connectivity index (χ2v) is 5.71. The standard InChI is InChI=1S/C14H17N3O2S/c1-9(2)10-3-5-12(6-4-10)20-8-11-7-13(17-19-11)14(18)16-15/h3-7,9H,8,15H2,1-2H3,(H,16,18). The van der Waals surface area contributed by atoms with Gasteiger partial charge >= 0.3 is 0 Å². The molecule has 1 aromatic carbocycles. The lowest BCUT2D eigenvalue weighted by Crippen LogP contribution is -2.30. The summed E-state index contributed by atoms with van der Waals surface area (Å²) >= 11 is 1.63. The van der Waals surface area contributed by atoms with E-state index in [1.54, 1.807) is 17.8 Å². The quantitative estimate of drug-likeness (QED) is 0.383. The third-order valence-corrected chi connectivity index (χ3v) is 3.88. The highest BCUT2D eigenvalue weighted by molar-refractivity contribution is 7.98. The normalized spacial score (nSPS) is 10.8. The molecule has 1 heterocycles. The number of carbonyl (C=O) groups excluding carboxylic acids is 1. The summed E-state index contributed by atoms with van der Waals surface area (Å²) in [5, 5.41) is 3.66. The second kappa shape index (κ2) is 6.58. The van der Waals surface area contributed by atoms with Crippen LogP contribution in [0.4, 0.5) is 0 Å². The van der Waals surface area contributed by atoms with E-state index < -0.39 is 5.91 Å². The molecule has 0 unspecified atom stereocenters. The minimum Gasteiger partial charge on any atom is -0.360 e. The number of nitrogens with zero attached hydrogens (tertiary/aromatic N) is 1. The molecule has 0 saturated carbocycles. The number of nitrogen functional groups attached to an aromatic ring is 1. The maximum Gasteiger partial charge on any atom is 0.287 e. The molecule has 3 N–H and O–H groups in total. The Hall–Kier alpha value is -1.79. The fourth-order valence-corrected chi connectivity index (χ4v) is 2.44. The molecule has 106 valence electrons. The molecule has 5 nitrogen and oxygen atoms in total. The molecule has 0 radical (unpaired) electrons. The molecule has 20 heavy (non-hydrogen) atoms. The van der Waals surface area contributed by atoms with E-state index in [1.165, 1.54) is 5.56 Å². The summed E-state index contributed by atoms with van der Waals surface area (Å²) in [6, 6.07) is 10.0. The number of nitrogens with two attached hydrogens (primary N) is 1. The van der Waals surface area contributed by atoms with Gasteiger partial charge in [-0.2, -0.15) is 0 Å². The fraction of sp³-hybridized carbons (Fsp3) is 0.286. The predicted octanol–water partition coefficient (Wildman–Crippen LogP) is 2.69. The number of rotatable bonds is 5. The van der Waals surface area contributed by atoms with E-state index in [2.05, 4.69) is 43.3 Å². The van der Waals surface area contributed by atoms with Gasteiger partial charge in [0.25, 0.3) is 5.91 Å². The topological polar surface area (TPSA) is 81.2 Å². The monoisotopic (exact) mass is 291 g/mol. The van der Waals surface area contributed by atoms with Crippen molar-refractivity contribution in [2.45, 2.75) is 30.4 Å². The largest absolute Gasteiger partial charge is 0.360 e. The van der Waals surface area contributed by atoms with Crippen molar-refractivity contribution in [3.05, 3.63) is 47.3 Å². The van der Waals surface area contributed by atoms with Crippen LogP contribution in [0.25, 0.3) is 0 Å². The van der Waals surface area contributed by atoms with E-state index in [4.69, 9.17) is 10.4 Å². The average Bonchev–Trinajstić information content (AvgIpc) is 2.93. The number of hydrogen-bond donors (Lipinski definition) is 2. The van der Waals surface area contributed by atoms with E-state index in [-0.39, 0.29) is 5.69 Å². The van der Waals surface area contributed by atoms with Crippen molar-refractivity contribution in [1.82, 2.24) is 10.6 Å². The average molecular weight is 291 g/mol. The summed E-state index contributed by atoms with van der Waals surface area (Å²) in [7, 11) is 0. The van der Waals surface area contributed by atoms with Gasteiger partial charge in [-0.1, -0.05) is 31.1 Å². The molecule has 1 amide bonds. The summed E-state index contributed by atoms with van der Waals surface area (Å²) in [6.07, 6.45) is 0. The smallest absolute Gasteiger partial charge is 0.287 e. The van der Waals surface area contributed by atoms with Crippen molar-refractivity contribution >= 4 is 17.7 Å². The van der Waals surface area contributed by atoms with Crippen molar-refractivity contribution < 1.29 is 9.32 Å². The molecule has 0 bridgehead atoms. The van der Waals surface area contributed by atoms with Gasteiger partial charge in [-0.3, -0.25) is 10.2 Å². The first kappa shape index (κ1) is 14.6. The zero-order chi connectivity index (χ0) is 14.5. The molecule has 6 heteroatoms. The van der Waals surface area contributed by atoms with Crippen molar-refractivity contribution in [1.29, 1.82) is 0 Å². The lowest BCUT2D eigenvalue weighted by atomic mass is 10.0. The van der Waals surface area contributed by atoms with Crippen LogP contribution in [0.2, 0.25) is 0 Å². The predicted molar refractivity (Wildman–Crippen MR) is 78.2 cm³/mol. The first-order valence-electron chi connectivity index (χ1n) is 6.29. The molecule has 0 aliphatic rings. The third-order valence-electron chi connectivity index (χ3n) is 2.85. The molecule has 0 atom stereocenters. The zero-order valence-electron chi connectivity index (χ0n) is 11.4. The third kappa shape index (κ3) is 3.61. The van der Waals surface area contributed by atoms with E-state index in [0.29, 0.717) is 17.4 Å². The minimum absolute atomic E-state index is 0.193.